The van der Waals surface area contributed by atoms with Crippen molar-refractivity contribution in [2.75, 3.05) is 12.4 Å². The molecule has 174 valence electrons. The van der Waals surface area contributed by atoms with Crippen molar-refractivity contribution in [2.24, 2.45) is 5.10 Å². The van der Waals surface area contributed by atoms with Crippen LogP contribution in [-0.4, -0.2) is 42.1 Å². The molecule has 0 amide bonds. The molecular weight excluding hydrogens is 454 g/mol. The molecule has 2 aromatic carbocycles. The highest BCUT2D eigenvalue weighted by Crippen LogP contribution is 2.28. The lowest BCUT2D eigenvalue weighted by molar-refractivity contribution is 0.286. The van der Waals surface area contributed by atoms with Crippen LogP contribution in [0.3, 0.4) is 0 Å². The van der Waals surface area contributed by atoms with Gasteiger partial charge in [-0.05, 0) is 62.3 Å². The number of hydrazone groups is 1. The summed E-state index contributed by atoms with van der Waals surface area (Å²) in [7, 11) is -1.87. The van der Waals surface area contributed by atoms with Crippen LogP contribution in [0, 0.1) is 6.92 Å². The monoisotopic (exact) mass is 483 g/mol. The van der Waals surface area contributed by atoms with Gasteiger partial charge in [-0.3, -0.25) is 5.43 Å². The normalized spacial score (nSPS) is 15.4. The van der Waals surface area contributed by atoms with E-state index in [1.165, 1.54) is 12.0 Å². The van der Waals surface area contributed by atoms with E-state index in [1.54, 1.807) is 42.0 Å². The van der Waals surface area contributed by atoms with Crippen molar-refractivity contribution in [3.05, 3.63) is 59.8 Å². The zero-order chi connectivity index (χ0) is 23.4. The minimum Gasteiger partial charge on any atom is -0.361 e. The lowest BCUT2D eigenvalue weighted by Gasteiger charge is -2.30. The van der Waals surface area contributed by atoms with Crippen LogP contribution < -0.4 is 10.7 Å². The van der Waals surface area contributed by atoms with E-state index >= 15 is 0 Å². The number of anilines is 1. The molecule has 0 unspecified atom stereocenters. The number of aromatic nitrogens is 1. The SMILES string of the molecule is Cc1ccc(NC(=S)NN=Cc2c[nH]c3ccc(S(=O)(=O)N(C)C4CCCCC4)cc23)cc1. The molecule has 1 aliphatic carbocycles. The zero-order valence-corrected chi connectivity index (χ0v) is 20.5. The number of rotatable bonds is 6. The van der Waals surface area contributed by atoms with Crippen molar-refractivity contribution in [2.45, 2.75) is 50.0 Å². The molecule has 1 heterocycles. The Kier molecular flexibility index (Phi) is 7.11. The molecule has 0 aliphatic heterocycles. The van der Waals surface area contributed by atoms with Crippen molar-refractivity contribution < 1.29 is 8.42 Å². The van der Waals surface area contributed by atoms with E-state index in [0.29, 0.717) is 10.0 Å². The Labute approximate surface area is 200 Å². The van der Waals surface area contributed by atoms with Gasteiger partial charge < -0.3 is 10.3 Å². The average molecular weight is 484 g/mol. The van der Waals surface area contributed by atoms with Gasteiger partial charge in [0.15, 0.2) is 5.11 Å². The van der Waals surface area contributed by atoms with Crippen LogP contribution in [0.2, 0.25) is 0 Å². The lowest BCUT2D eigenvalue weighted by atomic mass is 9.96. The maximum Gasteiger partial charge on any atom is 0.243 e. The van der Waals surface area contributed by atoms with Crippen LogP contribution >= 0.6 is 12.2 Å². The van der Waals surface area contributed by atoms with Crippen molar-refractivity contribution in [1.29, 1.82) is 0 Å². The molecule has 3 aromatic rings. The van der Waals surface area contributed by atoms with Crippen LogP contribution in [0.15, 0.2) is 58.7 Å². The third-order valence-corrected chi connectivity index (χ3v) is 8.23. The summed E-state index contributed by atoms with van der Waals surface area (Å²) in [6, 6.07) is 13.1. The Morgan fingerprint density at radius 1 is 1.15 bits per heavy atom. The molecule has 7 nitrogen and oxygen atoms in total. The largest absolute Gasteiger partial charge is 0.361 e. The smallest absolute Gasteiger partial charge is 0.243 e. The summed E-state index contributed by atoms with van der Waals surface area (Å²) in [4.78, 5) is 3.46. The van der Waals surface area contributed by atoms with Gasteiger partial charge >= 0.3 is 0 Å². The van der Waals surface area contributed by atoms with E-state index in [4.69, 9.17) is 12.2 Å². The Balaban J connectivity index is 1.48. The number of aryl methyl sites for hydroxylation is 1. The molecule has 4 rings (SSSR count). The second-order valence-electron chi connectivity index (χ2n) is 8.45. The molecule has 0 radical (unpaired) electrons. The Bertz CT molecular complexity index is 1260. The van der Waals surface area contributed by atoms with E-state index in [9.17, 15) is 8.42 Å². The predicted molar refractivity (Wildman–Crippen MR) is 138 cm³/mol. The molecule has 0 spiro atoms. The Morgan fingerprint density at radius 3 is 2.61 bits per heavy atom. The molecule has 9 heteroatoms. The topological polar surface area (TPSA) is 89.6 Å². The van der Waals surface area contributed by atoms with Crippen LogP contribution in [0.1, 0.15) is 43.2 Å². The third kappa shape index (κ3) is 5.43. The van der Waals surface area contributed by atoms with Crippen molar-refractivity contribution in [3.8, 4) is 0 Å². The first-order valence-corrected chi connectivity index (χ1v) is 13.0. The highest BCUT2D eigenvalue weighted by atomic mass is 32.2. The van der Waals surface area contributed by atoms with Crippen LogP contribution in [0.25, 0.3) is 10.9 Å². The van der Waals surface area contributed by atoms with E-state index in [1.807, 2.05) is 31.2 Å². The molecule has 0 atom stereocenters. The summed E-state index contributed by atoms with van der Waals surface area (Å²) < 4.78 is 28.0. The molecule has 3 N–H and O–H groups in total. The summed E-state index contributed by atoms with van der Waals surface area (Å²) in [6.45, 7) is 2.02. The minimum absolute atomic E-state index is 0.0675. The summed E-state index contributed by atoms with van der Waals surface area (Å²) in [5.41, 5.74) is 6.46. The van der Waals surface area contributed by atoms with E-state index in [0.717, 1.165) is 47.8 Å². The first kappa shape index (κ1) is 23.4. The Hall–Kier alpha value is -2.75. The van der Waals surface area contributed by atoms with Gasteiger partial charge in [-0.25, -0.2) is 8.42 Å². The lowest BCUT2D eigenvalue weighted by Crippen LogP contribution is -2.38. The van der Waals surface area contributed by atoms with Gasteiger partial charge in [-0.15, -0.1) is 0 Å². The molecule has 1 aromatic heterocycles. The highest BCUT2D eigenvalue weighted by Gasteiger charge is 2.29. The van der Waals surface area contributed by atoms with Crippen molar-refractivity contribution in [1.82, 2.24) is 14.7 Å². The first-order valence-electron chi connectivity index (χ1n) is 11.1. The number of thiocarbonyl (C=S) groups is 1. The minimum atomic E-state index is -3.57. The second-order valence-corrected chi connectivity index (χ2v) is 10.9. The molecular formula is C24H29N5O2S2. The molecule has 1 fully saturated rings. The van der Waals surface area contributed by atoms with Gasteiger partial charge in [-0.1, -0.05) is 37.0 Å². The number of benzene rings is 2. The summed E-state index contributed by atoms with van der Waals surface area (Å²) >= 11 is 5.29. The molecule has 0 bridgehead atoms. The number of hydrogen-bond acceptors (Lipinski definition) is 4. The highest BCUT2D eigenvalue weighted by molar-refractivity contribution is 7.89. The molecule has 0 saturated heterocycles. The van der Waals surface area contributed by atoms with E-state index in [2.05, 4.69) is 20.8 Å². The summed E-state index contributed by atoms with van der Waals surface area (Å²) in [5, 5.41) is 8.45. The van der Waals surface area contributed by atoms with Crippen LogP contribution in [-0.2, 0) is 10.0 Å². The predicted octanol–water partition coefficient (Wildman–Crippen LogP) is 4.75. The molecule has 33 heavy (non-hydrogen) atoms. The number of nitrogens with zero attached hydrogens (tertiary/aromatic N) is 2. The van der Waals surface area contributed by atoms with Crippen LogP contribution in [0.4, 0.5) is 5.69 Å². The second kappa shape index (κ2) is 10.0. The van der Waals surface area contributed by atoms with Crippen LogP contribution in [0.5, 0.6) is 0 Å². The molecule has 1 saturated carbocycles. The zero-order valence-electron chi connectivity index (χ0n) is 18.8. The van der Waals surface area contributed by atoms with Gasteiger partial charge in [-0.2, -0.15) is 9.41 Å². The first-order chi connectivity index (χ1) is 15.8. The number of sulfonamides is 1. The molecule has 1 aliphatic rings. The standard InChI is InChI=1S/C24H29N5O2S2/c1-17-8-10-19(11-9-17)27-24(32)28-26-16-18-15-25-23-13-12-21(14-22(18)23)33(30,31)29(2)20-6-4-3-5-7-20/h8-16,20,25H,3-7H2,1-2H3,(H2,27,28,32). The fourth-order valence-electron chi connectivity index (χ4n) is 4.15. The third-order valence-electron chi connectivity index (χ3n) is 6.13. The average Bonchev–Trinajstić information content (AvgIpc) is 3.23. The number of hydrogen-bond donors (Lipinski definition) is 3. The van der Waals surface area contributed by atoms with Gasteiger partial charge in [0.05, 0.1) is 11.1 Å². The number of nitrogens with one attached hydrogen (secondary N) is 3. The number of fused-ring (bicyclic) bond motifs is 1. The maximum absolute atomic E-state index is 13.3. The summed E-state index contributed by atoms with van der Waals surface area (Å²) in [5.74, 6) is 0. The van der Waals surface area contributed by atoms with Gasteiger partial charge in [0.25, 0.3) is 0 Å². The summed E-state index contributed by atoms with van der Waals surface area (Å²) in [6.07, 6.45) is 8.60. The quantitative estimate of drug-likeness (QED) is 0.267. The maximum atomic E-state index is 13.3. The van der Waals surface area contributed by atoms with Gasteiger partial charge in [0, 0.05) is 41.4 Å². The van der Waals surface area contributed by atoms with E-state index < -0.39 is 10.0 Å². The van der Waals surface area contributed by atoms with E-state index in [-0.39, 0.29) is 6.04 Å². The van der Waals surface area contributed by atoms with Gasteiger partial charge in [0.2, 0.25) is 10.0 Å². The Morgan fingerprint density at radius 2 is 1.88 bits per heavy atom. The van der Waals surface area contributed by atoms with Crippen molar-refractivity contribution >= 4 is 50.2 Å². The van der Waals surface area contributed by atoms with Crippen molar-refractivity contribution in [3.63, 3.8) is 0 Å². The van der Waals surface area contributed by atoms with Gasteiger partial charge in [0.1, 0.15) is 0 Å². The number of aromatic amines is 1. The number of H-pyrrole nitrogens is 1. The fourth-order valence-corrected chi connectivity index (χ4v) is 5.77. The fraction of sp³-hybridized carbons (Fsp3) is 0.333.